The fourth-order valence-electron chi connectivity index (χ4n) is 0.346. The molecule has 0 aliphatic carbocycles. The number of rotatable bonds is 0. The molecule has 0 unspecified atom stereocenters. The van der Waals surface area contributed by atoms with Gasteiger partial charge in [-0.15, -0.1) is 0 Å². The van der Waals surface area contributed by atoms with Gasteiger partial charge < -0.3 is 19.4 Å². The van der Waals surface area contributed by atoms with Crippen LogP contribution in [0.1, 0.15) is 0 Å². The first-order valence-electron chi connectivity index (χ1n) is 2.72. The molecular formula is C5H9O4PS. The summed E-state index contributed by atoms with van der Waals surface area (Å²) in [6.07, 6.45) is 7.47. The molecule has 3 N–H and O–H groups in total. The van der Waals surface area contributed by atoms with Crippen LogP contribution in [0.3, 0.4) is 0 Å². The molecule has 0 saturated carbocycles. The third kappa shape index (κ3) is 17.7. The molecule has 0 spiro atoms. The summed E-state index contributed by atoms with van der Waals surface area (Å²) in [4.78, 5) is 22.7. The molecule has 0 atom stereocenters. The molecule has 0 amide bonds. The monoisotopic (exact) mass is 196 g/mol. The molecule has 1 aliphatic heterocycles. The number of allylic oxidation sites excluding steroid dienone is 2. The van der Waals surface area contributed by atoms with Crippen molar-refractivity contribution >= 4 is 18.5 Å². The van der Waals surface area contributed by atoms with E-state index in [4.69, 9.17) is 19.4 Å². The summed E-state index contributed by atoms with van der Waals surface area (Å²) in [5.74, 6) is 0. The van der Waals surface area contributed by atoms with E-state index in [9.17, 15) is 0 Å². The first-order valence-corrected chi connectivity index (χ1v) is 5.38. The maximum Gasteiger partial charge on any atom is 0.319 e. The van der Waals surface area contributed by atoms with Crippen molar-refractivity contribution in [3.8, 4) is 0 Å². The molecule has 11 heavy (non-hydrogen) atoms. The Balaban J connectivity index is 0.000000187. The molecule has 4 nitrogen and oxygen atoms in total. The average Bonchev–Trinajstić information content (AvgIpc) is 1.88. The van der Waals surface area contributed by atoms with Crippen molar-refractivity contribution in [2.24, 2.45) is 0 Å². The van der Waals surface area contributed by atoms with Gasteiger partial charge in [0.1, 0.15) is 6.61 Å². The van der Waals surface area contributed by atoms with Crippen LogP contribution in [-0.4, -0.2) is 21.3 Å². The van der Waals surface area contributed by atoms with Crippen molar-refractivity contribution in [2.75, 3.05) is 6.61 Å². The molecule has 0 fully saturated rings. The molecule has 64 valence electrons. The van der Waals surface area contributed by atoms with Crippen LogP contribution in [0.25, 0.3) is 0 Å². The largest absolute Gasteiger partial charge is 0.497 e. The second kappa shape index (κ2) is 5.46. The maximum absolute atomic E-state index is 7.56. The standard InChI is InChI=1S/C5H6O.H3O3PS/c1-2-4-6-5-3-1;1-4(2,3)5/h1-4H,5H2;(H3,1,2,3,5). The smallest absolute Gasteiger partial charge is 0.319 e. The average molecular weight is 196 g/mol. The highest BCUT2D eigenvalue weighted by atomic mass is 32.5. The maximum atomic E-state index is 7.56. The summed E-state index contributed by atoms with van der Waals surface area (Å²) in [7, 11) is 0. The minimum absolute atomic E-state index is 0.733. The predicted octanol–water partition coefficient (Wildman–Crippen LogP) is 0.274. The Hall–Kier alpha value is -0.190. The van der Waals surface area contributed by atoms with Gasteiger partial charge in [-0.3, -0.25) is 0 Å². The lowest BCUT2D eigenvalue weighted by Gasteiger charge is -1.94. The second-order valence-electron chi connectivity index (χ2n) is 1.60. The summed E-state index contributed by atoms with van der Waals surface area (Å²) >= 11 is 3.60. The molecule has 6 heteroatoms. The topological polar surface area (TPSA) is 69.9 Å². The van der Waals surface area contributed by atoms with Gasteiger partial charge in [0.15, 0.2) is 0 Å². The Morgan fingerprint density at radius 3 is 1.91 bits per heavy atom. The van der Waals surface area contributed by atoms with E-state index in [-0.39, 0.29) is 0 Å². The fourth-order valence-corrected chi connectivity index (χ4v) is 0.346. The quantitative estimate of drug-likeness (QED) is 0.485. The zero-order valence-electron chi connectivity index (χ0n) is 5.62. The summed E-state index contributed by atoms with van der Waals surface area (Å²) in [5.41, 5.74) is 0. The van der Waals surface area contributed by atoms with Crippen LogP contribution in [0.15, 0.2) is 24.5 Å². The van der Waals surface area contributed by atoms with E-state index in [0.29, 0.717) is 0 Å². The van der Waals surface area contributed by atoms with Crippen LogP contribution in [0, 0.1) is 0 Å². The van der Waals surface area contributed by atoms with E-state index in [1.54, 1.807) is 6.26 Å². The SMILES string of the molecule is C1=CCOC=C1.OP(O)(O)=S. The first-order chi connectivity index (χ1) is 5.00. The fraction of sp³-hybridized carbons (Fsp3) is 0.200. The highest BCUT2D eigenvalue weighted by Crippen LogP contribution is 2.26. The predicted molar refractivity (Wildman–Crippen MR) is 45.2 cm³/mol. The number of hydrogen-bond donors (Lipinski definition) is 3. The zero-order valence-corrected chi connectivity index (χ0v) is 7.33. The third-order valence-corrected chi connectivity index (χ3v) is 0.614. The lowest BCUT2D eigenvalue weighted by molar-refractivity contribution is 0.286. The minimum atomic E-state index is -3.81. The third-order valence-electron chi connectivity index (χ3n) is 0.614. The van der Waals surface area contributed by atoms with E-state index < -0.39 is 6.72 Å². The Bertz CT molecular complexity index is 174. The lowest BCUT2D eigenvalue weighted by Crippen LogP contribution is -1.82. The molecule has 0 aromatic heterocycles. The van der Waals surface area contributed by atoms with Gasteiger partial charge in [0.25, 0.3) is 0 Å². The van der Waals surface area contributed by atoms with Crippen LogP contribution < -0.4 is 0 Å². The number of hydrogen-bond acceptors (Lipinski definition) is 2. The molecule has 0 aromatic rings. The Kier molecular flexibility index (Phi) is 5.36. The van der Waals surface area contributed by atoms with Crippen molar-refractivity contribution < 1.29 is 19.4 Å². The molecular weight excluding hydrogens is 187 g/mol. The van der Waals surface area contributed by atoms with Crippen molar-refractivity contribution in [3.05, 3.63) is 24.5 Å². The molecule has 0 bridgehead atoms. The Morgan fingerprint density at radius 1 is 1.27 bits per heavy atom. The minimum Gasteiger partial charge on any atom is -0.497 e. The Morgan fingerprint density at radius 2 is 1.82 bits per heavy atom. The van der Waals surface area contributed by atoms with Crippen LogP contribution in [0.4, 0.5) is 0 Å². The van der Waals surface area contributed by atoms with E-state index in [1.807, 2.05) is 18.2 Å². The van der Waals surface area contributed by atoms with Crippen molar-refractivity contribution in [1.29, 1.82) is 0 Å². The number of ether oxygens (including phenoxy) is 1. The van der Waals surface area contributed by atoms with Crippen LogP contribution in [0.2, 0.25) is 0 Å². The summed E-state index contributed by atoms with van der Waals surface area (Å²) in [6, 6.07) is 0. The first kappa shape index (κ1) is 10.8. The van der Waals surface area contributed by atoms with Gasteiger partial charge in [-0.05, 0) is 24.0 Å². The molecule has 0 radical (unpaired) electrons. The van der Waals surface area contributed by atoms with Crippen molar-refractivity contribution in [2.45, 2.75) is 0 Å². The highest BCUT2D eigenvalue weighted by Gasteiger charge is 1.92. The van der Waals surface area contributed by atoms with Gasteiger partial charge in [-0.2, -0.15) is 0 Å². The lowest BCUT2D eigenvalue weighted by atomic mass is 10.5. The van der Waals surface area contributed by atoms with Crippen molar-refractivity contribution in [1.82, 2.24) is 0 Å². The van der Waals surface area contributed by atoms with Crippen LogP contribution in [-0.2, 0) is 16.5 Å². The van der Waals surface area contributed by atoms with Gasteiger partial charge in [0.2, 0.25) is 0 Å². The summed E-state index contributed by atoms with van der Waals surface area (Å²) < 4.78 is 4.80. The van der Waals surface area contributed by atoms with E-state index in [2.05, 4.69) is 11.8 Å². The molecule has 0 saturated heterocycles. The van der Waals surface area contributed by atoms with Crippen LogP contribution >= 0.6 is 6.72 Å². The molecule has 1 rings (SSSR count). The summed E-state index contributed by atoms with van der Waals surface area (Å²) in [6.45, 7) is -3.07. The van der Waals surface area contributed by atoms with Crippen molar-refractivity contribution in [3.63, 3.8) is 0 Å². The van der Waals surface area contributed by atoms with Crippen LogP contribution in [0.5, 0.6) is 0 Å². The van der Waals surface area contributed by atoms with E-state index in [0.717, 1.165) is 6.61 Å². The Labute approximate surface area is 69.7 Å². The van der Waals surface area contributed by atoms with Gasteiger partial charge in [0.05, 0.1) is 6.26 Å². The van der Waals surface area contributed by atoms with E-state index >= 15 is 0 Å². The highest BCUT2D eigenvalue weighted by molar-refractivity contribution is 8.06. The van der Waals surface area contributed by atoms with E-state index in [1.165, 1.54) is 0 Å². The molecule has 1 aliphatic rings. The summed E-state index contributed by atoms with van der Waals surface area (Å²) in [5, 5.41) is 0. The normalized spacial score (nSPS) is 14.8. The van der Waals surface area contributed by atoms with Gasteiger partial charge >= 0.3 is 6.72 Å². The molecule has 1 heterocycles. The molecule has 0 aromatic carbocycles. The van der Waals surface area contributed by atoms with Gasteiger partial charge in [-0.1, -0.05) is 6.08 Å². The zero-order chi connectivity index (χ0) is 8.74. The van der Waals surface area contributed by atoms with Gasteiger partial charge in [0, 0.05) is 0 Å². The van der Waals surface area contributed by atoms with Gasteiger partial charge in [-0.25, -0.2) is 0 Å². The second-order valence-corrected chi connectivity index (χ2v) is 4.10.